The van der Waals surface area contributed by atoms with Crippen LogP contribution in [0.5, 0.6) is 0 Å². The van der Waals surface area contributed by atoms with Gasteiger partial charge in [-0.3, -0.25) is 14.5 Å². The molecule has 3 aromatic rings. The highest BCUT2D eigenvalue weighted by molar-refractivity contribution is 7.71. The summed E-state index contributed by atoms with van der Waals surface area (Å²) in [6.07, 6.45) is 3.14. The number of carbonyl (C=O) groups is 1. The molecular formula is C18H18N4OS2. The Morgan fingerprint density at radius 3 is 3.08 bits per heavy atom. The second-order valence-corrected chi connectivity index (χ2v) is 7.46. The standard InChI is InChI=1S/C18H18N4OS2/c23-16(19-14-8-3-6-12-5-1-2-7-13(12)14)11-22-17(20-21-18(22)24)15-9-4-10-25-15/h1-2,4-5,7,9-10,14H,3,6,8,11H2,(H,19,23)(H,21,24). The second-order valence-electron chi connectivity index (χ2n) is 6.13. The van der Waals surface area contributed by atoms with E-state index in [0.717, 1.165) is 24.1 Å². The maximum atomic E-state index is 12.6. The Kier molecular flexibility index (Phi) is 4.50. The van der Waals surface area contributed by atoms with Crippen molar-refractivity contribution >= 4 is 29.5 Å². The number of aromatic amines is 1. The van der Waals surface area contributed by atoms with Crippen LogP contribution < -0.4 is 5.32 Å². The Labute approximate surface area is 154 Å². The zero-order valence-electron chi connectivity index (χ0n) is 13.6. The molecule has 0 bridgehead atoms. The number of fused-ring (bicyclic) bond motifs is 1. The van der Waals surface area contributed by atoms with Gasteiger partial charge in [-0.05, 0) is 54.1 Å². The van der Waals surface area contributed by atoms with Crippen LogP contribution in [0.4, 0.5) is 0 Å². The molecule has 0 fully saturated rings. The van der Waals surface area contributed by atoms with Crippen molar-refractivity contribution < 1.29 is 4.79 Å². The van der Waals surface area contributed by atoms with E-state index >= 15 is 0 Å². The van der Waals surface area contributed by atoms with Crippen molar-refractivity contribution in [3.05, 3.63) is 57.7 Å². The Hall–Kier alpha value is -2.25. The number of benzene rings is 1. The van der Waals surface area contributed by atoms with Crippen molar-refractivity contribution in [2.24, 2.45) is 0 Å². The number of aryl methyl sites for hydroxylation is 1. The van der Waals surface area contributed by atoms with E-state index in [0.29, 0.717) is 10.6 Å². The molecule has 2 aromatic heterocycles. The molecule has 0 radical (unpaired) electrons. The van der Waals surface area contributed by atoms with Gasteiger partial charge in [0.15, 0.2) is 10.6 Å². The molecule has 0 saturated heterocycles. The number of hydrogen-bond donors (Lipinski definition) is 2. The monoisotopic (exact) mass is 370 g/mol. The lowest BCUT2D eigenvalue weighted by atomic mass is 9.88. The summed E-state index contributed by atoms with van der Waals surface area (Å²) in [5.41, 5.74) is 2.56. The van der Waals surface area contributed by atoms with Gasteiger partial charge in [0.1, 0.15) is 6.54 Å². The van der Waals surface area contributed by atoms with Crippen LogP contribution in [0.15, 0.2) is 41.8 Å². The third kappa shape index (κ3) is 3.29. The SMILES string of the molecule is O=C(Cn1c(-c2cccs2)n[nH]c1=S)NC1CCCc2ccccc21. The lowest BCUT2D eigenvalue weighted by molar-refractivity contribution is -0.122. The van der Waals surface area contributed by atoms with E-state index in [2.05, 4.69) is 33.7 Å². The van der Waals surface area contributed by atoms with Crippen molar-refractivity contribution in [1.29, 1.82) is 0 Å². The number of aromatic nitrogens is 3. The number of thiophene rings is 1. The quantitative estimate of drug-likeness (QED) is 0.686. The van der Waals surface area contributed by atoms with Gasteiger partial charge in [0.05, 0.1) is 10.9 Å². The number of nitrogens with zero attached hydrogens (tertiary/aromatic N) is 2. The van der Waals surface area contributed by atoms with Crippen LogP contribution in [-0.4, -0.2) is 20.7 Å². The second kappa shape index (κ2) is 6.93. The third-order valence-corrected chi connectivity index (χ3v) is 5.68. The van der Waals surface area contributed by atoms with Crippen LogP contribution in [-0.2, 0) is 17.8 Å². The first-order valence-corrected chi connectivity index (χ1v) is 9.57. The summed E-state index contributed by atoms with van der Waals surface area (Å²) in [6.45, 7) is 0.168. The maximum Gasteiger partial charge on any atom is 0.240 e. The van der Waals surface area contributed by atoms with Crippen molar-refractivity contribution in [2.75, 3.05) is 0 Å². The van der Waals surface area contributed by atoms with E-state index in [-0.39, 0.29) is 18.5 Å². The lowest BCUT2D eigenvalue weighted by Gasteiger charge is -2.26. The van der Waals surface area contributed by atoms with Gasteiger partial charge in [-0.25, -0.2) is 0 Å². The molecule has 128 valence electrons. The highest BCUT2D eigenvalue weighted by atomic mass is 32.1. The number of H-pyrrole nitrogens is 1. The molecule has 2 heterocycles. The van der Waals surface area contributed by atoms with Crippen LogP contribution in [0, 0.1) is 4.77 Å². The molecule has 4 rings (SSSR count). The van der Waals surface area contributed by atoms with Gasteiger partial charge in [0, 0.05) is 0 Å². The predicted molar refractivity (Wildman–Crippen MR) is 101 cm³/mol. The number of rotatable bonds is 4. The van der Waals surface area contributed by atoms with Crippen LogP contribution in [0.3, 0.4) is 0 Å². The number of nitrogens with one attached hydrogen (secondary N) is 2. The van der Waals surface area contributed by atoms with E-state index in [1.807, 2.05) is 23.6 Å². The minimum absolute atomic E-state index is 0.0444. The smallest absolute Gasteiger partial charge is 0.240 e. The van der Waals surface area contributed by atoms with Gasteiger partial charge >= 0.3 is 0 Å². The molecule has 1 atom stereocenters. The van der Waals surface area contributed by atoms with Crippen molar-refractivity contribution in [2.45, 2.75) is 31.8 Å². The van der Waals surface area contributed by atoms with Crippen LogP contribution in [0.1, 0.15) is 30.0 Å². The first-order valence-electron chi connectivity index (χ1n) is 8.28. The molecule has 5 nitrogen and oxygen atoms in total. The Balaban J connectivity index is 1.53. The van der Waals surface area contributed by atoms with Crippen LogP contribution in [0.25, 0.3) is 10.7 Å². The fourth-order valence-electron chi connectivity index (χ4n) is 3.35. The highest BCUT2D eigenvalue weighted by Crippen LogP contribution is 2.29. The maximum absolute atomic E-state index is 12.6. The Morgan fingerprint density at radius 2 is 2.24 bits per heavy atom. The molecule has 1 aliphatic carbocycles. The lowest BCUT2D eigenvalue weighted by Crippen LogP contribution is -2.33. The van der Waals surface area contributed by atoms with Gasteiger partial charge in [-0.1, -0.05) is 30.3 Å². The minimum atomic E-state index is -0.0444. The third-order valence-electron chi connectivity index (χ3n) is 4.51. The molecule has 25 heavy (non-hydrogen) atoms. The summed E-state index contributed by atoms with van der Waals surface area (Å²) < 4.78 is 2.22. The average molecular weight is 371 g/mol. The van der Waals surface area contributed by atoms with Gasteiger partial charge in [-0.15, -0.1) is 11.3 Å². The fraction of sp³-hybridized carbons (Fsp3) is 0.278. The molecule has 0 aliphatic heterocycles. The molecule has 1 aromatic carbocycles. The van der Waals surface area contributed by atoms with Crippen LogP contribution in [0.2, 0.25) is 0 Å². The van der Waals surface area contributed by atoms with E-state index < -0.39 is 0 Å². The average Bonchev–Trinajstić information content (AvgIpc) is 3.26. The van der Waals surface area contributed by atoms with Crippen molar-refractivity contribution in [1.82, 2.24) is 20.1 Å². The molecule has 1 aliphatic rings. The highest BCUT2D eigenvalue weighted by Gasteiger charge is 2.22. The molecular weight excluding hydrogens is 352 g/mol. The summed E-state index contributed by atoms with van der Waals surface area (Å²) in [6, 6.07) is 12.4. The molecule has 1 amide bonds. The van der Waals surface area contributed by atoms with E-state index in [1.54, 1.807) is 15.9 Å². The predicted octanol–water partition coefficient (Wildman–Crippen LogP) is 3.86. The first-order chi connectivity index (χ1) is 12.2. The number of amides is 1. The van der Waals surface area contributed by atoms with E-state index in [1.165, 1.54) is 11.1 Å². The summed E-state index contributed by atoms with van der Waals surface area (Å²) in [7, 11) is 0. The largest absolute Gasteiger partial charge is 0.348 e. The zero-order chi connectivity index (χ0) is 17.2. The molecule has 7 heteroatoms. The van der Waals surface area contributed by atoms with Gasteiger partial charge in [0.25, 0.3) is 0 Å². The summed E-state index contributed by atoms with van der Waals surface area (Å²) in [5.74, 6) is 0.663. The number of carbonyl (C=O) groups excluding carboxylic acids is 1. The van der Waals surface area contributed by atoms with Gasteiger partial charge in [0.2, 0.25) is 5.91 Å². The number of hydrogen-bond acceptors (Lipinski definition) is 4. The molecule has 0 saturated carbocycles. The van der Waals surface area contributed by atoms with Crippen molar-refractivity contribution in [3.8, 4) is 10.7 Å². The topological polar surface area (TPSA) is 62.7 Å². The molecule has 0 spiro atoms. The summed E-state index contributed by atoms with van der Waals surface area (Å²) in [5, 5.41) is 12.2. The molecule has 1 unspecified atom stereocenters. The van der Waals surface area contributed by atoms with E-state index in [4.69, 9.17) is 12.2 Å². The first kappa shape index (κ1) is 16.2. The Bertz CT molecular complexity index is 942. The van der Waals surface area contributed by atoms with E-state index in [9.17, 15) is 4.79 Å². The summed E-state index contributed by atoms with van der Waals surface area (Å²) in [4.78, 5) is 13.6. The van der Waals surface area contributed by atoms with Gasteiger partial charge < -0.3 is 5.32 Å². The van der Waals surface area contributed by atoms with Gasteiger partial charge in [-0.2, -0.15) is 5.10 Å². The Morgan fingerprint density at radius 1 is 1.36 bits per heavy atom. The normalized spacial score (nSPS) is 16.4. The zero-order valence-corrected chi connectivity index (χ0v) is 15.2. The minimum Gasteiger partial charge on any atom is -0.348 e. The van der Waals surface area contributed by atoms with Crippen molar-refractivity contribution in [3.63, 3.8) is 0 Å². The summed E-state index contributed by atoms with van der Waals surface area (Å²) >= 11 is 6.88. The molecule has 2 N–H and O–H groups in total. The van der Waals surface area contributed by atoms with Crippen LogP contribution >= 0.6 is 23.6 Å². The fourth-order valence-corrected chi connectivity index (χ4v) is 4.26.